The van der Waals surface area contributed by atoms with Crippen molar-refractivity contribution in [2.24, 2.45) is 51.8 Å². The van der Waals surface area contributed by atoms with Gasteiger partial charge in [0, 0.05) is 59.7 Å². The first-order chi connectivity index (χ1) is 22.1. The zero-order chi connectivity index (χ0) is 34.1. The number of aromatic nitrogens is 2. The van der Waals surface area contributed by atoms with Gasteiger partial charge in [-0.15, -0.1) is 0 Å². The minimum Gasteiger partial charge on any atom is -0.393 e. The van der Waals surface area contributed by atoms with E-state index in [0.717, 1.165) is 48.3 Å². The summed E-state index contributed by atoms with van der Waals surface area (Å²) in [7, 11) is 5.47. The molecule has 0 radical (unpaired) electrons. The third-order valence-corrected chi connectivity index (χ3v) is 16.5. The molecular formula is C37H57N3O5S2. The number of rotatable bonds is 3. The molecule has 1 saturated heterocycles. The molecule has 5 N–H and O–H groups in total. The van der Waals surface area contributed by atoms with Crippen molar-refractivity contribution in [3.8, 4) is 0 Å². The highest BCUT2D eigenvalue weighted by Crippen LogP contribution is 2.70. The van der Waals surface area contributed by atoms with Crippen molar-refractivity contribution >= 4 is 27.4 Å². The molecule has 6 rings (SSSR count). The summed E-state index contributed by atoms with van der Waals surface area (Å²) in [5.41, 5.74) is -0.617. The van der Waals surface area contributed by atoms with E-state index in [-0.39, 0.29) is 40.9 Å². The Morgan fingerprint density at radius 1 is 1.11 bits per heavy atom. The second-order valence-electron chi connectivity index (χ2n) is 16.8. The molecule has 2 heterocycles. The van der Waals surface area contributed by atoms with Crippen molar-refractivity contribution in [1.82, 2.24) is 14.9 Å². The second kappa shape index (κ2) is 12.9. The van der Waals surface area contributed by atoms with E-state index in [9.17, 15) is 25.2 Å². The molecule has 4 fully saturated rings. The van der Waals surface area contributed by atoms with Crippen LogP contribution >= 0.6 is 21.6 Å². The number of allylic oxidation sites excluding steroid dienone is 1. The first kappa shape index (κ1) is 35.7. The van der Waals surface area contributed by atoms with Crippen LogP contribution in [0.25, 0.3) is 0 Å². The van der Waals surface area contributed by atoms with Crippen molar-refractivity contribution in [2.75, 3.05) is 25.1 Å². The van der Waals surface area contributed by atoms with Crippen molar-refractivity contribution in [2.45, 2.75) is 103 Å². The molecule has 1 aromatic rings. The first-order valence-corrected chi connectivity index (χ1v) is 20.2. The van der Waals surface area contributed by atoms with Gasteiger partial charge < -0.3 is 30.3 Å². The Balaban J connectivity index is 1.39. The van der Waals surface area contributed by atoms with Crippen molar-refractivity contribution < 1.29 is 25.2 Å². The lowest BCUT2D eigenvalue weighted by molar-refractivity contribution is -0.172. The fourth-order valence-corrected chi connectivity index (χ4v) is 13.9. The normalized spacial score (nSPS) is 47.3. The predicted molar refractivity (Wildman–Crippen MR) is 190 cm³/mol. The number of carbonyl (C=O) groups is 1. The molecule has 1 aromatic heterocycles. The maximum Gasteiger partial charge on any atom is 0.159 e. The average Bonchev–Trinajstić information content (AvgIpc) is 3.62. The molecule has 0 amide bonds. The van der Waals surface area contributed by atoms with E-state index in [1.165, 1.54) is 0 Å². The van der Waals surface area contributed by atoms with Crippen LogP contribution < -0.4 is 5.32 Å². The third-order valence-electron chi connectivity index (χ3n) is 14.0. The van der Waals surface area contributed by atoms with Crippen LogP contribution in [-0.2, 0) is 4.79 Å². The highest BCUT2D eigenvalue weighted by Gasteiger charge is 2.71. The zero-order valence-electron chi connectivity index (χ0n) is 29.1. The zero-order valence-corrected chi connectivity index (χ0v) is 30.7. The lowest BCUT2D eigenvalue weighted by Gasteiger charge is -2.62. The number of hydrogen-bond acceptors (Lipinski definition) is 9. The van der Waals surface area contributed by atoms with Gasteiger partial charge >= 0.3 is 0 Å². The van der Waals surface area contributed by atoms with E-state index in [0.29, 0.717) is 19.4 Å². The average molecular weight is 688 g/mol. The number of imidazole rings is 1. The Labute approximate surface area is 289 Å². The van der Waals surface area contributed by atoms with E-state index in [4.69, 9.17) is 0 Å². The lowest BCUT2D eigenvalue weighted by atomic mass is 9.44. The quantitative estimate of drug-likeness (QED) is 0.219. The number of fused-ring (bicyclic) bond motifs is 9. The fourth-order valence-electron chi connectivity index (χ4n) is 11.2. The lowest BCUT2D eigenvalue weighted by Crippen LogP contribution is -2.65. The summed E-state index contributed by atoms with van der Waals surface area (Å²) in [6.45, 7) is 15.9. The van der Waals surface area contributed by atoms with Crippen LogP contribution in [-0.4, -0.2) is 84.8 Å². The van der Waals surface area contributed by atoms with E-state index in [2.05, 4.69) is 56.1 Å². The number of carbonyl (C=O) groups excluding carboxylic acids is 1. The monoisotopic (exact) mass is 687 g/mol. The summed E-state index contributed by atoms with van der Waals surface area (Å²) < 4.78 is 2.18. The van der Waals surface area contributed by atoms with Crippen molar-refractivity contribution in [1.29, 1.82) is 0 Å². The summed E-state index contributed by atoms with van der Waals surface area (Å²) in [6, 6.07) is 0.206. The SMILES string of the molecule is C=C1CC(O)C(C)C2CC(CSSCC(n3ccnc3)CC1(C)C)C1(O)C3=CC(=O)C4C(CNC)C(O)C(O)CC4(C)C3CCC21C. The third kappa shape index (κ3) is 5.64. The van der Waals surface area contributed by atoms with Crippen LogP contribution in [0.2, 0.25) is 0 Å². The van der Waals surface area contributed by atoms with Gasteiger partial charge in [0.1, 0.15) is 0 Å². The number of hydrogen-bond donors (Lipinski definition) is 5. The van der Waals surface area contributed by atoms with E-state index in [1.54, 1.807) is 6.08 Å². The molecule has 3 saturated carbocycles. The minimum absolute atomic E-state index is 0.0347. The highest BCUT2D eigenvalue weighted by molar-refractivity contribution is 8.76. The van der Waals surface area contributed by atoms with Crippen molar-refractivity contribution in [3.05, 3.63) is 42.5 Å². The molecule has 0 aromatic carbocycles. The Bertz CT molecular complexity index is 1370. The standard InChI is InChI=1S/C37H57N3O5S2/c1-21-12-29(41)22(2)27-13-23(18-46-47-19-24(15-34(21,3)4)40-11-10-39-20-40)37(45)28-14-30(42)32-25(17-38-7)33(44)31(43)16-35(32,5)26(28)8-9-36(27,37)6/h10-11,14,20,22-27,29,31-33,38,41,43-45H,1,8-9,12-13,15-19H2,2-7H3. The van der Waals surface area contributed by atoms with Crippen LogP contribution in [0.1, 0.15) is 79.2 Å². The van der Waals surface area contributed by atoms with Crippen LogP contribution in [0.3, 0.4) is 0 Å². The summed E-state index contributed by atoms with van der Waals surface area (Å²) >= 11 is 0. The van der Waals surface area contributed by atoms with Crippen LogP contribution in [0.15, 0.2) is 42.5 Å². The largest absolute Gasteiger partial charge is 0.393 e. The molecule has 10 heteroatoms. The van der Waals surface area contributed by atoms with E-state index < -0.39 is 46.6 Å². The number of aliphatic hydroxyl groups excluding tert-OH is 3. The van der Waals surface area contributed by atoms with Gasteiger partial charge in [-0.05, 0) is 85.8 Å². The van der Waals surface area contributed by atoms with Crippen molar-refractivity contribution in [3.63, 3.8) is 0 Å². The van der Waals surface area contributed by atoms with Gasteiger partial charge in [0.25, 0.3) is 0 Å². The van der Waals surface area contributed by atoms with Crippen LogP contribution in [0.5, 0.6) is 0 Å². The molecule has 8 nitrogen and oxygen atoms in total. The smallest absolute Gasteiger partial charge is 0.159 e. The Morgan fingerprint density at radius 2 is 1.83 bits per heavy atom. The number of nitrogens with zero attached hydrogens (tertiary/aromatic N) is 2. The van der Waals surface area contributed by atoms with Crippen LogP contribution in [0.4, 0.5) is 0 Å². The maximum absolute atomic E-state index is 14.3. The van der Waals surface area contributed by atoms with Crippen LogP contribution in [0, 0.1) is 51.8 Å². The molecule has 5 aliphatic rings. The minimum atomic E-state index is -1.22. The van der Waals surface area contributed by atoms with Gasteiger partial charge in [0.2, 0.25) is 0 Å². The van der Waals surface area contributed by atoms with Gasteiger partial charge in [0.15, 0.2) is 5.78 Å². The predicted octanol–water partition coefficient (Wildman–Crippen LogP) is 5.06. The van der Waals surface area contributed by atoms with Gasteiger partial charge in [-0.25, -0.2) is 4.98 Å². The molecule has 1 aliphatic heterocycles. The fraction of sp³-hybridized carbons (Fsp3) is 0.784. The summed E-state index contributed by atoms with van der Waals surface area (Å²) in [5.74, 6) is 0.593. The van der Waals surface area contributed by atoms with Gasteiger partial charge in [-0.1, -0.05) is 68.4 Å². The Kier molecular flexibility index (Phi) is 9.78. The first-order valence-electron chi connectivity index (χ1n) is 17.7. The summed E-state index contributed by atoms with van der Waals surface area (Å²) in [4.78, 5) is 18.6. The molecule has 262 valence electrons. The molecule has 2 bridgehead atoms. The highest BCUT2D eigenvalue weighted by atomic mass is 33.1. The Hall–Kier alpha value is -1.14. The molecule has 4 aliphatic carbocycles. The van der Waals surface area contributed by atoms with Gasteiger partial charge in [-0.3, -0.25) is 4.79 Å². The molecule has 13 atom stereocenters. The molecule has 47 heavy (non-hydrogen) atoms. The summed E-state index contributed by atoms with van der Waals surface area (Å²) in [5, 5.41) is 50.6. The number of nitrogens with one attached hydrogen (secondary N) is 1. The second-order valence-corrected chi connectivity index (χ2v) is 19.4. The van der Waals surface area contributed by atoms with E-state index in [1.807, 2.05) is 47.4 Å². The molecular weight excluding hydrogens is 631 g/mol. The molecule has 0 spiro atoms. The van der Waals surface area contributed by atoms with Gasteiger partial charge in [0.05, 0.1) is 30.2 Å². The number of aliphatic hydroxyl groups is 4. The molecule has 13 unspecified atom stereocenters. The number of ketones is 1. The maximum atomic E-state index is 14.3. The topological polar surface area (TPSA) is 128 Å². The summed E-state index contributed by atoms with van der Waals surface area (Å²) in [6.07, 6.45) is 9.11. The Morgan fingerprint density at radius 3 is 2.51 bits per heavy atom. The van der Waals surface area contributed by atoms with E-state index >= 15 is 0 Å². The van der Waals surface area contributed by atoms with Gasteiger partial charge in [-0.2, -0.15) is 0 Å².